The van der Waals surface area contributed by atoms with Crippen LogP contribution in [-0.4, -0.2) is 45.7 Å². The number of fused-ring (bicyclic) bond motifs is 2. The van der Waals surface area contributed by atoms with E-state index in [0.717, 1.165) is 17.8 Å². The van der Waals surface area contributed by atoms with Crippen LogP contribution in [0.3, 0.4) is 0 Å². The van der Waals surface area contributed by atoms with Gasteiger partial charge in [0.2, 0.25) is 5.91 Å². The number of thioether (sulfide) groups is 1. The molecule has 0 saturated carbocycles. The van der Waals surface area contributed by atoms with E-state index in [4.69, 9.17) is 9.47 Å². The SMILES string of the molecule is CSc1cc2c(c(-c3c[nH]c4cnc(NC(C)=O)cc34)n1)OCC(C(C)(F)F)O2. The van der Waals surface area contributed by atoms with Gasteiger partial charge in [-0.2, -0.15) is 0 Å². The Bertz CT molecular complexity index is 1100. The van der Waals surface area contributed by atoms with Crippen LogP contribution in [0, 0.1) is 0 Å². The van der Waals surface area contributed by atoms with Gasteiger partial charge in [-0.15, -0.1) is 11.8 Å². The van der Waals surface area contributed by atoms with E-state index in [1.807, 2.05) is 6.26 Å². The van der Waals surface area contributed by atoms with E-state index in [1.54, 1.807) is 24.5 Å². The Labute approximate surface area is 169 Å². The highest BCUT2D eigenvalue weighted by Gasteiger charge is 2.41. The number of aromatic nitrogens is 3. The molecule has 3 aromatic rings. The lowest BCUT2D eigenvalue weighted by molar-refractivity contribution is -0.114. The van der Waals surface area contributed by atoms with Crippen molar-refractivity contribution in [2.24, 2.45) is 0 Å². The van der Waals surface area contributed by atoms with Crippen molar-refractivity contribution < 1.29 is 23.0 Å². The van der Waals surface area contributed by atoms with Crippen molar-refractivity contribution in [1.82, 2.24) is 15.0 Å². The highest BCUT2D eigenvalue weighted by molar-refractivity contribution is 7.98. The van der Waals surface area contributed by atoms with Gasteiger partial charge in [-0.25, -0.2) is 18.7 Å². The topological polar surface area (TPSA) is 89.1 Å². The third-order valence-electron chi connectivity index (χ3n) is 4.46. The summed E-state index contributed by atoms with van der Waals surface area (Å²) in [6.07, 6.45) is 3.79. The van der Waals surface area contributed by atoms with Crippen LogP contribution in [0.5, 0.6) is 11.5 Å². The molecule has 0 aromatic carbocycles. The maximum Gasteiger partial charge on any atom is 0.284 e. The smallest absolute Gasteiger partial charge is 0.284 e. The Kier molecular flexibility index (Phi) is 4.81. The number of hydrogen-bond donors (Lipinski definition) is 2. The summed E-state index contributed by atoms with van der Waals surface area (Å²) in [7, 11) is 0. The lowest BCUT2D eigenvalue weighted by Gasteiger charge is -2.31. The van der Waals surface area contributed by atoms with Gasteiger partial charge in [-0.3, -0.25) is 4.79 Å². The number of anilines is 1. The zero-order valence-electron chi connectivity index (χ0n) is 15.9. The molecule has 1 unspecified atom stereocenters. The summed E-state index contributed by atoms with van der Waals surface area (Å²) in [6.45, 7) is 1.92. The summed E-state index contributed by atoms with van der Waals surface area (Å²) in [6, 6.07) is 3.32. The number of rotatable bonds is 4. The second kappa shape index (κ2) is 7.18. The van der Waals surface area contributed by atoms with Gasteiger partial charge in [0, 0.05) is 37.1 Å². The van der Waals surface area contributed by atoms with Crippen LogP contribution in [0.1, 0.15) is 13.8 Å². The standard InChI is InChI=1S/C19H18F2N4O3S/c1-9(26)24-15-4-10-11(6-22-12(10)7-23-15)17-18-13(5-16(25-17)29-3)28-14(8-27-18)19(2,20)21/h4-7,14,22H,8H2,1-3H3,(H,23,24,26). The minimum absolute atomic E-state index is 0.225. The molecule has 4 rings (SSSR count). The molecule has 4 heterocycles. The molecule has 0 bridgehead atoms. The molecule has 0 fully saturated rings. The molecular formula is C19H18F2N4O3S. The van der Waals surface area contributed by atoms with Crippen molar-refractivity contribution in [1.29, 1.82) is 0 Å². The van der Waals surface area contributed by atoms with E-state index < -0.39 is 12.0 Å². The van der Waals surface area contributed by atoms with Crippen LogP contribution >= 0.6 is 11.8 Å². The fourth-order valence-corrected chi connectivity index (χ4v) is 3.47. The summed E-state index contributed by atoms with van der Waals surface area (Å²) >= 11 is 1.37. The number of hydrogen-bond acceptors (Lipinski definition) is 6. The first-order valence-electron chi connectivity index (χ1n) is 8.77. The normalized spacial score (nSPS) is 16.1. The molecule has 10 heteroatoms. The predicted molar refractivity (Wildman–Crippen MR) is 106 cm³/mol. The maximum atomic E-state index is 13.7. The van der Waals surface area contributed by atoms with Gasteiger partial charge in [0.05, 0.1) is 11.7 Å². The van der Waals surface area contributed by atoms with E-state index in [-0.39, 0.29) is 18.3 Å². The zero-order chi connectivity index (χ0) is 20.8. The van der Waals surface area contributed by atoms with E-state index >= 15 is 0 Å². The fourth-order valence-electron chi connectivity index (χ4n) is 3.06. The molecule has 7 nitrogen and oxygen atoms in total. The number of halogens is 2. The molecule has 1 aliphatic rings. The van der Waals surface area contributed by atoms with Crippen molar-refractivity contribution >= 4 is 34.4 Å². The minimum Gasteiger partial charge on any atom is -0.483 e. The summed E-state index contributed by atoms with van der Waals surface area (Å²) in [4.78, 5) is 23.3. The fraction of sp³-hybridized carbons (Fsp3) is 0.316. The van der Waals surface area contributed by atoms with Gasteiger partial charge in [0.1, 0.15) is 23.1 Å². The number of alkyl halides is 2. The molecule has 1 atom stereocenters. The molecule has 152 valence electrons. The number of amides is 1. The second-order valence-corrected chi connectivity index (χ2v) is 7.54. The molecule has 0 spiro atoms. The predicted octanol–water partition coefficient (Wildman–Crippen LogP) is 4.10. The Morgan fingerprint density at radius 1 is 1.41 bits per heavy atom. The molecule has 0 radical (unpaired) electrons. The molecular weight excluding hydrogens is 402 g/mol. The summed E-state index contributed by atoms with van der Waals surface area (Å²) in [5.74, 6) is -2.36. The molecule has 0 saturated heterocycles. The van der Waals surface area contributed by atoms with E-state index in [9.17, 15) is 13.6 Å². The largest absolute Gasteiger partial charge is 0.483 e. The van der Waals surface area contributed by atoms with Crippen molar-refractivity contribution in [3.63, 3.8) is 0 Å². The van der Waals surface area contributed by atoms with Crippen molar-refractivity contribution in [2.75, 3.05) is 18.2 Å². The number of carbonyl (C=O) groups excluding carboxylic acids is 1. The Hall–Kier alpha value is -2.88. The lowest BCUT2D eigenvalue weighted by Crippen LogP contribution is -2.42. The number of H-pyrrole nitrogens is 1. The monoisotopic (exact) mass is 420 g/mol. The third kappa shape index (κ3) is 3.71. The van der Waals surface area contributed by atoms with Crippen LogP contribution in [0.2, 0.25) is 0 Å². The van der Waals surface area contributed by atoms with Crippen LogP contribution < -0.4 is 14.8 Å². The van der Waals surface area contributed by atoms with Gasteiger partial charge in [0.15, 0.2) is 17.6 Å². The molecule has 1 aliphatic heterocycles. The van der Waals surface area contributed by atoms with Gasteiger partial charge >= 0.3 is 0 Å². The quantitative estimate of drug-likeness (QED) is 0.618. The number of ether oxygens (including phenoxy) is 2. The van der Waals surface area contributed by atoms with Crippen molar-refractivity contribution in [3.8, 4) is 22.8 Å². The number of carbonyl (C=O) groups is 1. The van der Waals surface area contributed by atoms with E-state index in [0.29, 0.717) is 27.9 Å². The van der Waals surface area contributed by atoms with Gasteiger partial charge in [0.25, 0.3) is 5.92 Å². The Morgan fingerprint density at radius 2 is 2.21 bits per heavy atom. The first kappa shape index (κ1) is 19.4. The minimum atomic E-state index is -3.04. The van der Waals surface area contributed by atoms with Crippen LogP contribution in [0.15, 0.2) is 29.6 Å². The Morgan fingerprint density at radius 3 is 2.90 bits per heavy atom. The highest BCUT2D eigenvalue weighted by Crippen LogP contribution is 2.45. The highest BCUT2D eigenvalue weighted by atomic mass is 32.2. The third-order valence-corrected chi connectivity index (χ3v) is 5.09. The van der Waals surface area contributed by atoms with E-state index in [2.05, 4.69) is 20.3 Å². The first-order valence-corrected chi connectivity index (χ1v) is 10.00. The molecule has 2 N–H and O–H groups in total. The average Bonchev–Trinajstić information content (AvgIpc) is 3.08. The number of nitrogens with zero attached hydrogens (tertiary/aromatic N) is 2. The van der Waals surface area contributed by atoms with Crippen LogP contribution in [-0.2, 0) is 4.79 Å². The van der Waals surface area contributed by atoms with Crippen LogP contribution in [0.25, 0.3) is 22.2 Å². The maximum absolute atomic E-state index is 13.7. The van der Waals surface area contributed by atoms with Gasteiger partial charge in [-0.1, -0.05) is 0 Å². The lowest BCUT2D eigenvalue weighted by atomic mass is 10.1. The second-order valence-electron chi connectivity index (χ2n) is 6.71. The van der Waals surface area contributed by atoms with E-state index in [1.165, 1.54) is 18.7 Å². The number of pyridine rings is 2. The first-order chi connectivity index (χ1) is 13.8. The van der Waals surface area contributed by atoms with Gasteiger partial charge in [-0.05, 0) is 12.3 Å². The van der Waals surface area contributed by atoms with Crippen molar-refractivity contribution in [2.45, 2.75) is 30.9 Å². The van der Waals surface area contributed by atoms with Crippen LogP contribution in [0.4, 0.5) is 14.6 Å². The molecule has 0 aliphatic carbocycles. The average molecular weight is 420 g/mol. The summed E-state index contributed by atoms with van der Waals surface area (Å²) in [5, 5.41) is 4.00. The number of nitrogens with one attached hydrogen (secondary N) is 2. The summed E-state index contributed by atoms with van der Waals surface area (Å²) in [5.41, 5.74) is 1.89. The molecule has 3 aromatic heterocycles. The Balaban J connectivity index is 1.84. The molecule has 29 heavy (non-hydrogen) atoms. The van der Waals surface area contributed by atoms with Gasteiger partial charge < -0.3 is 19.8 Å². The zero-order valence-corrected chi connectivity index (χ0v) is 16.7. The molecule has 1 amide bonds. The summed E-state index contributed by atoms with van der Waals surface area (Å²) < 4.78 is 38.7. The number of aromatic amines is 1. The van der Waals surface area contributed by atoms with Crippen molar-refractivity contribution in [3.05, 3.63) is 24.5 Å².